The zero-order valence-corrected chi connectivity index (χ0v) is 29.0. The summed E-state index contributed by atoms with van der Waals surface area (Å²) in [7, 11) is 0. The molecule has 0 fully saturated rings. The number of fused-ring (bicyclic) bond motifs is 7. The quantitative estimate of drug-likeness (QED) is 0.180. The van der Waals surface area contributed by atoms with Crippen LogP contribution in [0.15, 0.2) is 182 Å². The Balaban J connectivity index is 1.28. The van der Waals surface area contributed by atoms with E-state index in [0.717, 1.165) is 66.6 Å². The van der Waals surface area contributed by atoms with Crippen LogP contribution in [0.2, 0.25) is 0 Å². The standard InChI is InChI=1S/C48H30N6/c1-5-17-31(18-6-1)43-46-45(50-47(49-43)33-21-9-3-10-22-33)44(32-19-7-2-8-20-32)51-48(52-46)54-40-28-16-14-26-36(40)38-29-37-35-25-13-15-27-39(35)53(41(37)30-42(38)54)34-23-11-4-12-24-34/h1-30H. The van der Waals surface area contributed by atoms with E-state index >= 15 is 0 Å². The Morgan fingerprint density at radius 1 is 0.315 bits per heavy atom. The average molecular weight is 691 g/mol. The molecule has 7 aromatic carbocycles. The maximum absolute atomic E-state index is 5.44. The highest BCUT2D eigenvalue weighted by Crippen LogP contribution is 2.40. The first-order valence-corrected chi connectivity index (χ1v) is 18.1. The van der Waals surface area contributed by atoms with Gasteiger partial charge in [0.15, 0.2) is 5.82 Å². The van der Waals surface area contributed by atoms with Gasteiger partial charge >= 0.3 is 0 Å². The van der Waals surface area contributed by atoms with Gasteiger partial charge in [0.1, 0.15) is 22.4 Å². The second kappa shape index (κ2) is 12.1. The Kier molecular flexibility index (Phi) is 6.75. The van der Waals surface area contributed by atoms with Crippen LogP contribution in [0.25, 0.3) is 100 Å². The highest BCUT2D eigenvalue weighted by molar-refractivity contribution is 6.19. The van der Waals surface area contributed by atoms with Crippen molar-refractivity contribution in [3.63, 3.8) is 0 Å². The molecule has 0 saturated carbocycles. The molecule has 252 valence electrons. The van der Waals surface area contributed by atoms with Gasteiger partial charge in [-0.3, -0.25) is 4.57 Å². The van der Waals surface area contributed by atoms with Crippen LogP contribution in [0.5, 0.6) is 0 Å². The first-order chi connectivity index (χ1) is 26.8. The van der Waals surface area contributed by atoms with Gasteiger partial charge in [-0.25, -0.2) is 19.9 Å². The van der Waals surface area contributed by atoms with Crippen molar-refractivity contribution >= 4 is 54.6 Å². The molecule has 0 unspecified atom stereocenters. The van der Waals surface area contributed by atoms with Crippen LogP contribution >= 0.6 is 0 Å². The molecule has 0 amide bonds. The molecule has 0 bridgehead atoms. The minimum atomic E-state index is 0.558. The maximum atomic E-state index is 5.44. The van der Waals surface area contributed by atoms with E-state index in [1.165, 1.54) is 10.8 Å². The van der Waals surface area contributed by atoms with E-state index in [1.54, 1.807) is 0 Å². The van der Waals surface area contributed by atoms with Crippen LogP contribution in [0.3, 0.4) is 0 Å². The predicted octanol–water partition coefficient (Wildman–Crippen LogP) is 11.6. The molecule has 6 nitrogen and oxygen atoms in total. The highest BCUT2D eigenvalue weighted by Gasteiger charge is 2.23. The number of para-hydroxylation sites is 3. The van der Waals surface area contributed by atoms with Crippen molar-refractivity contribution < 1.29 is 0 Å². The molecule has 4 heterocycles. The van der Waals surface area contributed by atoms with E-state index in [1.807, 2.05) is 66.7 Å². The first-order valence-electron chi connectivity index (χ1n) is 18.1. The lowest BCUT2D eigenvalue weighted by Crippen LogP contribution is -2.07. The number of hydrogen-bond acceptors (Lipinski definition) is 4. The molecule has 0 saturated heterocycles. The summed E-state index contributed by atoms with van der Waals surface area (Å²) in [6.45, 7) is 0. The van der Waals surface area contributed by atoms with E-state index in [2.05, 4.69) is 124 Å². The van der Waals surface area contributed by atoms with Gasteiger partial charge in [-0.1, -0.05) is 146 Å². The molecule has 11 aromatic rings. The molecule has 0 N–H and O–H groups in total. The van der Waals surface area contributed by atoms with Crippen molar-refractivity contribution in [3.05, 3.63) is 182 Å². The van der Waals surface area contributed by atoms with E-state index < -0.39 is 0 Å². The molecule has 0 aliphatic carbocycles. The van der Waals surface area contributed by atoms with Crippen molar-refractivity contribution in [2.75, 3.05) is 0 Å². The second-order valence-corrected chi connectivity index (χ2v) is 13.5. The Morgan fingerprint density at radius 2 is 0.778 bits per heavy atom. The van der Waals surface area contributed by atoms with Crippen molar-refractivity contribution in [2.45, 2.75) is 0 Å². The largest absolute Gasteiger partial charge is 0.309 e. The normalized spacial score (nSPS) is 11.7. The molecular formula is C48H30N6. The number of rotatable bonds is 5. The topological polar surface area (TPSA) is 61.4 Å². The highest BCUT2D eigenvalue weighted by atomic mass is 15.2. The fourth-order valence-corrected chi connectivity index (χ4v) is 7.92. The molecule has 4 aromatic heterocycles. The predicted molar refractivity (Wildman–Crippen MR) is 220 cm³/mol. The van der Waals surface area contributed by atoms with Gasteiger partial charge in [0.05, 0.1) is 22.1 Å². The van der Waals surface area contributed by atoms with Crippen molar-refractivity contribution in [1.29, 1.82) is 0 Å². The Labute approximate surface area is 310 Å². The van der Waals surface area contributed by atoms with E-state index in [0.29, 0.717) is 22.8 Å². The molecule has 11 rings (SSSR count). The Morgan fingerprint density at radius 3 is 1.39 bits per heavy atom. The van der Waals surface area contributed by atoms with Gasteiger partial charge in [0.25, 0.3) is 0 Å². The van der Waals surface area contributed by atoms with Crippen molar-refractivity contribution in [1.82, 2.24) is 29.1 Å². The van der Waals surface area contributed by atoms with Crippen molar-refractivity contribution in [2.24, 2.45) is 0 Å². The summed E-state index contributed by atoms with van der Waals surface area (Å²) in [6, 6.07) is 63.1. The van der Waals surface area contributed by atoms with Gasteiger partial charge in [0, 0.05) is 43.9 Å². The fraction of sp³-hybridized carbons (Fsp3) is 0. The Hall–Kier alpha value is -7.44. The van der Waals surface area contributed by atoms with Crippen LogP contribution in [0, 0.1) is 0 Å². The summed E-state index contributed by atoms with van der Waals surface area (Å²) in [5.41, 5.74) is 11.2. The van der Waals surface area contributed by atoms with Gasteiger partial charge in [-0.05, 0) is 36.4 Å². The van der Waals surface area contributed by atoms with Gasteiger partial charge < -0.3 is 4.57 Å². The lowest BCUT2D eigenvalue weighted by atomic mass is 10.1. The lowest BCUT2D eigenvalue weighted by Gasteiger charge is -2.15. The summed E-state index contributed by atoms with van der Waals surface area (Å²) in [5.74, 6) is 1.19. The minimum Gasteiger partial charge on any atom is -0.309 e. The van der Waals surface area contributed by atoms with Crippen LogP contribution in [0.4, 0.5) is 0 Å². The van der Waals surface area contributed by atoms with Crippen LogP contribution in [-0.2, 0) is 0 Å². The molecule has 0 radical (unpaired) electrons. The summed E-state index contributed by atoms with van der Waals surface area (Å²) in [6.07, 6.45) is 0. The van der Waals surface area contributed by atoms with E-state index in [-0.39, 0.29) is 0 Å². The molecule has 0 atom stereocenters. The number of aromatic nitrogens is 6. The molecular weight excluding hydrogens is 661 g/mol. The van der Waals surface area contributed by atoms with Gasteiger partial charge in [-0.2, -0.15) is 0 Å². The second-order valence-electron chi connectivity index (χ2n) is 13.5. The molecule has 54 heavy (non-hydrogen) atoms. The number of benzene rings is 7. The Bertz CT molecular complexity index is 3190. The third-order valence-corrected chi connectivity index (χ3v) is 10.3. The third-order valence-electron chi connectivity index (χ3n) is 10.3. The van der Waals surface area contributed by atoms with Gasteiger partial charge in [-0.15, -0.1) is 0 Å². The average Bonchev–Trinajstić information content (AvgIpc) is 3.75. The van der Waals surface area contributed by atoms with E-state index in [9.17, 15) is 0 Å². The van der Waals surface area contributed by atoms with E-state index in [4.69, 9.17) is 19.9 Å². The molecule has 6 heteroatoms. The summed E-state index contributed by atoms with van der Waals surface area (Å²) >= 11 is 0. The zero-order valence-electron chi connectivity index (χ0n) is 29.0. The first kappa shape index (κ1) is 30.2. The summed E-state index contributed by atoms with van der Waals surface area (Å²) in [4.78, 5) is 21.3. The number of hydrogen-bond donors (Lipinski definition) is 0. The van der Waals surface area contributed by atoms with Crippen molar-refractivity contribution in [3.8, 4) is 45.5 Å². The summed E-state index contributed by atoms with van der Waals surface area (Å²) < 4.78 is 4.57. The van der Waals surface area contributed by atoms with Crippen LogP contribution in [0.1, 0.15) is 0 Å². The van der Waals surface area contributed by atoms with Crippen LogP contribution < -0.4 is 0 Å². The van der Waals surface area contributed by atoms with Gasteiger partial charge in [0.2, 0.25) is 5.95 Å². The summed E-state index contributed by atoms with van der Waals surface area (Å²) in [5, 5.41) is 4.68. The SMILES string of the molecule is c1ccc(-c2nc(-c3ccccc3)c3nc(-n4c5ccccc5c5cc6c7ccccc7n(-c7ccccc7)c6cc54)nc(-c4ccccc4)c3n2)cc1. The zero-order chi connectivity index (χ0) is 35.6. The molecule has 0 spiro atoms. The molecule has 0 aliphatic rings. The fourth-order valence-electron chi connectivity index (χ4n) is 7.92. The lowest BCUT2D eigenvalue weighted by molar-refractivity contribution is 1.01. The number of nitrogens with zero attached hydrogens (tertiary/aromatic N) is 6. The minimum absolute atomic E-state index is 0.558. The monoisotopic (exact) mass is 690 g/mol. The maximum Gasteiger partial charge on any atom is 0.236 e. The third kappa shape index (κ3) is 4.67. The molecule has 0 aliphatic heterocycles. The van der Waals surface area contributed by atoms with Crippen LogP contribution in [-0.4, -0.2) is 29.1 Å². The smallest absolute Gasteiger partial charge is 0.236 e.